The molecule has 1 amide bonds. The molecule has 0 aliphatic carbocycles. The fourth-order valence-corrected chi connectivity index (χ4v) is 2.72. The predicted octanol–water partition coefficient (Wildman–Crippen LogP) is 5.66. The number of nitrogens with one attached hydrogen (secondary N) is 1. The lowest BCUT2D eigenvalue weighted by atomic mass is 10.1. The van der Waals surface area contributed by atoms with E-state index in [0.29, 0.717) is 11.3 Å². The van der Waals surface area contributed by atoms with E-state index in [1.54, 1.807) is 24.3 Å². The molecule has 5 nitrogen and oxygen atoms in total. The predicted molar refractivity (Wildman–Crippen MR) is 114 cm³/mol. The lowest BCUT2D eigenvalue weighted by Gasteiger charge is -2.14. The third kappa shape index (κ3) is 5.04. The first kappa shape index (κ1) is 19.3. The first-order valence-corrected chi connectivity index (χ1v) is 9.18. The molecule has 0 fully saturated rings. The van der Waals surface area contributed by atoms with E-state index in [2.05, 4.69) is 15.5 Å². The van der Waals surface area contributed by atoms with Gasteiger partial charge in [0.15, 0.2) is 0 Å². The number of hydrogen-bond donors (Lipinski definition) is 1. The molecule has 1 N–H and O–H groups in total. The maximum absolute atomic E-state index is 12.4. The topological polar surface area (TPSA) is 57.1 Å². The van der Waals surface area contributed by atoms with Crippen LogP contribution in [0.15, 0.2) is 89.1 Å². The minimum Gasteiger partial charge on any atom is -0.378 e. The van der Waals surface area contributed by atoms with Crippen LogP contribution in [-0.4, -0.2) is 20.0 Å². The molecule has 5 heteroatoms. The van der Waals surface area contributed by atoms with Crippen LogP contribution in [0, 0.1) is 0 Å². The highest BCUT2D eigenvalue weighted by Crippen LogP contribution is 2.22. The van der Waals surface area contributed by atoms with Crippen molar-refractivity contribution in [2.75, 3.05) is 19.0 Å². The van der Waals surface area contributed by atoms with Crippen LogP contribution in [0.2, 0.25) is 0 Å². The van der Waals surface area contributed by atoms with E-state index in [4.69, 9.17) is 0 Å². The SMILES string of the molecule is C[C@H](NC(=O)c1ccc(N=Nc2ccc(N(C)C)cc2)cc1)c1ccccc1. The summed E-state index contributed by atoms with van der Waals surface area (Å²) in [6.45, 7) is 1.97. The van der Waals surface area contributed by atoms with Gasteiger partial charge in [0, 0.05) is 25.3 Å². The summed E-state index contributed by atoms with van der Waals surface area (Å²) in [4.78, 5) is 14.5. The molecule has 0 saturated carbocycles. The van der Waals surface area contributed by atoms with Gasteiger partial charge in [-0.2, -0.15) is 10.2 Å². The third-order valence-corrected chi connectivity index (χ3v) is 4.42. The molecule has 0 unspecified atom stereocenters. The number of rotatable bonds is 6. The average Bonchev–Trinajstić information content (AvgIpc) is 2.73. The number of anilines is 1. The molecule has 0 aromatic heterocycles. The summed E-state index contributed by atoms with van der Waals surface area (Å²) in [7, 11) is 3.99. The van der Waals surface area contributed by atoms with Crippen LogP contribution in [0.1, 0.15) is 28.9 Å². The van der Waals surface area contributed by atoms with Gasteiger partial charge in [0.1, 0.15) is 0 Å². The number of carbonyl (C=O) groups excluding carboxylic acids is 1. The van der Waals surface area contributed by atoms with Crippen LogP contribution in [0.25, 0.3) is 0 Å². The summed E-state index contributed by atoms with van der Waals surface area (Å²) >= 11 is 0. The third-order valence-electron chi connectivity index (χ3n) is 4.42. The van der Waals surface area contributed by atoms with Gasteiger partial charge in [0.25, 0.3) is 5.91 Å². The minimum atomic E-state index is -0.112. The highest BCUT2D eigenvalue weighted by atomic mass is 16.1. The lowest BCUT2D eigenvalue weighted by Crippen LogP contribution is -2.26. The van der Waals surface area contributed by atoms with Gasteiger partial charge < -0.3 is 10.2 Å². The fourth-order valence-electron chi connectivity index (χ4n) is 2.72. The summed E-state index contributed by atoms with van der Waals surface area (Å²) < 4.78 is 0. The van der Waals surface area contributed by atoms with Crippen molar-refractivity contribution in [3.05, 3.63) is 90.0 Å². The van der Waals surface area contributed by atoms with Crippen molar-refractivity contribution in [1.29, 1.82) is 0 Å². The van der Waals surface area contributed by atoms with Crippen LogP contribution < -0.4 is 10.2 Å². The van der Waals surface area contributed by atoms with Crippen LogP contribution in [0.3, 0.4) is 0 Å². The Kier molecular flexibility index (Phi) is 6.17. The Morgan fingerprint density at radius 1 is 0.821 bits per heavy atom. The minimum absolute atomic E-state index is 0.0572. The van der Waals surface area contributed by atoms with Crippen molar-refractivity contribution in [2.24, 2.45) is 10.2 Å². The van der Waals surface area contributed by atoms with E-state index < -0.39 is 0 Å². The molecular weight excluding hydrogens is 348 g/mol. The first-order valence-electron chi connectivity index (χ1n) is 9.18. The van der Waals surface area contributed by atoms with Crippen LogP contribution in [0.4, 0.5) is 17.1 Å². The number of azo groups is 1. The summed E-state index contributed by atoms with van der Waals surface area (Å²) in [5, 5.41) is 11.5. The van der Waals surface area contributed by atoms with Gasteiger partial charge in [0.05, 0.1) is 17.4 Å². The van der Waals surface area contributed by atoms with Gasteiger partial charge >= 0.3 is 0 Å². The van der Waals surface area contributed by atoms with Crippen molar-refractivity contribution in [2.45, 2.75) is 13.0 Å². The molecule has 0 aliphatic heterocycles. The zero-order valence-corrected chi connectivity index (χ0v) is 16.3. The quantitative estimate of drug-likeness (QED) is 0.568. The Hall–Kier alpha value is -3.47. The van der Waals surface area contributed by atoms with Crippen molar-refractivity contribution in [3.63, 3.8) is 0 Å². The Morgan fingerprint density at radius 2 is 1.36 bits per heavy atom. The monoisotopic (exact) mass is 372 g/mol. The normalized spacial score (nSPS) is 12.0. The maximum atomic E-state index is 12.4. The summed E-state index contributed by atoms with van der Waals surface area (Å²) in [5.41, 5.74) is 4.26. The number of carbonyl (C=O) groups is 1. The smallest absolute Gasteiger partial charge is 0.251 e. The van der Waals surface area contributed by atoms with Crippen molar-refractivity contribution < 1.29 is 4.79 Å². The lowest BCUT2D eigenvalue weighted by molar-refractivity contribution is 0.0940. The van der Waals surface area contributed by atoms with Gasteiger partial charge in [-0.05, 0) is 61.0 Å². The highest BCUT2D eigenvalue weighted by molar-refractivity contribution is 5.94. The van der Waals surface area contributed by atoms with Gasteiger partial charge in [-0.15, -0.1) is 0 Å². The molecule has 28 heavy (non-hydrogen) atoms. The molecule has 0 spiro atoms. The van der Waals surface area contributed by atoms with E-state index in [0.717, 1.165) is 16.9 Å². The second kappa shape index (κ2) is 8.95. The highest BCUT2D eigenvalue weighted by Gasteiger charge is 2.11. The first-order chi connectivity index (χ1) is 13.5. The zero-order chi connectivity index (χ0) is 19.9. The molecule has 3 rings (SSSR count). The summed E-state index contributed by atoms with van der Waals surface area (Å²) in [6.07, 6.45) is 0. The number of hydrogen-bond acceptors (Lipinski definition) is 4. The molecule has 0 heterocycles. The van der Waals surface area contributed by atoms with Gasteiger partial charge in [0.2, 0.25) is 0 Å². The molecule has 3 aromatic rings. The molecule has 0 saturated heterocycles. The summed E-state index contributed by atoms with van der Waals surface area (Å²) in [6, 6.07) is 24.8. The van der Waals surface area contributed by atoms with Gasteiger partial charge in [-0.25, -0.2) is 0 Å². The Bertz CT molecular complexity index is 933. The Labute approximate surface area is 165 Å². The van der Waals surface area contributed by atoms with Crippen LogP contribution in [-0.2, 0) is 0 Å². The van der Waals surface area contributed by atoms with E-state index >= 15 is 0 Å². The fraction of sp³-hybridized carbons (Fsp3) is 0.174. The number of nitrogens with zero attached hydrogens (tertiary/aromatic N) is 3. The van der Waals surface area contributed by atoms with Crippen molar-refractivity contribution in [1.82, 2.24) is 5.32 Å². The second-order valence-electron chi connectivity index (χ2n) is 6.76. The van der Waals surface area contributed by atoms with Crippen molar-refractivity contribution >= 4 is 23.0 Å². The Balaban J connectivity index is 1.62. The molecule has 3 aromatic carbocycles. The van der Waals surface area contributed by atoms with E-state index in [1.165, 1.54) is 0 Å². The molecule has 1 atom stereocenters. The van der Waals surface area contributed by atoms with Crippen molar-refractivity contribution in [3.8, 4) is 0 Å². The van der Waals surface area contributed by atoms with E-state index in [1.807, 2.05) is 80.5 Å². The summed E-state index contributed by atoms with van der Waals surface area (Å²) in [5.74, 6) is -0.112. The zero-order valence-electron chi connectivity index (χ0n) is 16.3. The maximum Gasteiger partial charge on any atom is 0.251 e. The molecule has 0 bridgehead atoms. The van der Waals surface area contributed by atoms with E-state index in [-0.39, 0.29) is 11.9 Å². The molecule has 0 radical (unpaired) electrons. The van der Waals surface area contributed by atoms with Gasteiger partial charge in [-0.3, -0.25) is 4.79 Å². The molecule has 0 aliphatic rings. The largest absolute Gasteiger partial charge is 0.378 e. The van der Waals surface area contributed by atoms with Crippen LogP contribution in [0.5, 0.6) is 0 Å². The van der Waals surface area contributed by atoms with E-state index in [9.17, 15) is 4.79 Å². The average molecular weight is 372 g/mol. The van der Waals surface area contributed by atoms with Gasteiger partial charge in [-0.1, -0.05) is 30.3 Å². The standard InChI is InChI=1S/C23H24N4O/c1-17(18-7-5-4-6-8-18)24-23(28)19-9-11-20(12-10-19)25-26-21-13-15-22(16-14-21)27(2)3/h4-17H,1-3H3,(H,24,28)/t17-/m0/s1. The molecule has 142 valence electrons. The second-order valence-corrected chi connectivity index (χ2v) is 6.76. The molecular formula is C23H24N4O. The van der Waals surface area contributed by atoms with Crippen LogP contribution >= 0.6 is 0 Å². The number of amides is 1. The number of benzene rings is 3. The Morgan fingerprint density at radius 3 is 1.89 bits per heavy atom.